The lowest BCUT2D eigenvalue weighted by Gasteiger charge is -2.15. The molecule has 4 heteroatoms. The van der Waals surface area contributed by atoms with E-state index < -0.39 is 0 Å². The van der Waals surface area contributed by atoms with Crippen molar-refractivity contribution < 1.29 is 9.53 Å². The molecule has 1 saturated heterocycles. The smallest absolute Gasteiger partial charge is 0.222 e. The summed E-state index contributed by atoms with van der Waals surface area (Å²) < 4.78 is 5.80. The van der Waals surface area contributed by atoms with Crippen LogP contribution in [0.3, 0.4) is 0 Å². The molecule has 1 atom stereocenters. The van der Waals surface area contributed by atoms with Gasteiger partial charge in [0, 0.05) is 25.6 Å². The van der Waals surface area contributed by atoms with Crippen LogP contribution in [-0.2, 0) is 4.79 Å². The molecule has 1 unspecified atom stereocenters. The Balaban J connectivity index is 1.64. The first kappa shape index (κ1) is 15.8. The highest BCUT2D eigenvalue weighted by Gasteiger charge is 2.22. The van der Waals surface area contributed by atoms with Gasteiger partial charge in [0.05, 0.1) is 6.61 Å². The van der Waals surface area contributed by atoms with Gasteiger partial charge in [-0.1, -0.05) is 12.1 Å². The predicted octanol–water partition coefficient (Wildman–Crippen LogP) is 2.41. The Kier molecular flexibility index (Phi) is 5.62. The molecule has 0 bridgehead atoms. The van der Waals surface area contributed by atoms with E-state index >= 15 is 0 Å². The number of hydrogen-bond donors (Lipinski definition) is 1. The van der Waals surface area contributed by atoms with Gasteiger partial charge in [-0.25, -0.2) is 0 Å². The van der Waals surface area contributed by atoms with E-state index in [-0.39, 0.29) is 11.9 Å². The molecule has 1 aliphatic rings. The largest absolute Gasteiger partial charge is 0.493 e. The summed E-state index contributed by atoms with van der Waals surface area (Å²) in [6, 6.07) is 6.39. The van der Waals surface area contributed by atoms with Crippen LogP contribution < -0.4 is 10.5 Å². The molecule has 0 aromatic heterocycles. The van der Waals surface area contributed by atoms with Gasteiger partial charge in [-0.05, 0) is 50.3 Å². The molecule has 0 radical (unpaired) electrons. The fourth-order valence-electron chi connectivity index (χ4n) is 2.60. The Morgan fingerprint density at radius 3 is 2.90 bits per heavy atom. The zero-order valence-electron chi connectivity index (χ0n) is 13.1. The summed E-state index contributed by atoms with van der Waals surface area (Å²) in [6.07, 6.45) is 3.30. The van der Waals surface area contributed by atoms with E-state index in [4.69, 9.17) is 10.5 Å². The molecule has 1 aromatic carbocycles. The lowest BCUT2D eigenvalue weighted by Crippen LogP contribution is -2.31. The second kappa shape index (κ2) is 7.46. The number of carbonyl (C=O) groups is 1. The highest BCUT2D eigenvalue weighted by atomic mass is 16.5. The molecule has 116 valence electrons. The summed E-state index contributed by atoms with van der Waals surface area (Å²) in [5.74, 6) is 1.18. The van der Waals surface area contributed by atoms with E-state index in [1.165, 1.54) is 5.56 Å². The van der Waals surface area contributed by atoms with E-state index in [0.29, 0.717) is 13.0 Å². The van der Waals surface area contributed by atoms with Crippen LogP contribution >= 0.6 is 0 Å². The number of ether oxygens (including phenoxy) is 1. The van der Waals surface area contributed by atoms with Gasteiger partial charge in [0.2, 0.25) is 5.91 Å². The highest BCUT2D eigenvalue weighted by molar-refractivity contribution is 5.76. The molecule has 0 spiro atoms. The normalized spacial score (nSPS) is 18.0. The van der Waals surface area contributed by atoms with Crippen LogP contribution in [0.4, 0.5) is 0 Å². The number of amides is 1. The van der Waals surface area contributed by atoms with Crippen molar-refractivity contribution in [2.75, 3.05) is 19.7 Å². The Bertz CT molecular complexity index is 488. The van der Waals surface area contributed by atoms with Crippen molar-refractivity contribution in [3.63, 3.8) is 0 Å². The zero-order chi connectivity index (χ0) is 15.2. The summed E-state index contributed by atoms with van der Waals surface area (Å²) in [4.78, 5) is 13.8. The molecular weight excluding hydrogens is 264 g/mol. The first-order valence-electron chi connectivity index (χ1n) is 7.79. The van der Waals surface area contributed by atoms with E-state index in [1.807, 2.05) is 4.90 Å². The predicted molar refractivity (Wildman–Crippen MR) is 84.4 cm³/mol. The van der Waals surface area contributed by atoms with Crippen molar-refractivity contribution in [2.24, 2.45) is 5.73 Å². The van der Waals surface area contributed by atoms with Gasteiger partial charge in [-0.2, -0.15) is 0 Å². The van der Waals surface area contributed by atoms with Crippen molar-refractivity contribution >= 4 is 5.91 Å². The molecule has 21 heavy (non-hydrogen) atoms. The molecule has 0 saturated carbocycles. The molecule has 1 amide bonds. The molecular formula is C17H26N2O2. The number of nitrogens with two attached hydrogens (primary N) is 1. The van der Waals surface area contributed by atoms with Gasteiger partial charge in [0.15, 0.2) is 0 Å². The van der Waals surface area contributed by atoms with Gasteiger partial charge in [0.1, 0.15) is 5.75 Å². The minimum Gasteiger partial charge on any atom is -0.493 e. The molecule has 1 aliphatic heterocycles. The SMILES string of the molecule is Cc1ccc(C)c(OCCCCC(=O)N2CCC(N)C2)c1. The second-order valence-electron chi connectivity index (χ2n) is 5.96. The molecule has 1 heterocycles. The number of benzene rings is 1. The molecule has 4 nitrogen and oxygen atoms in total. The van der Waals surface area contributed by atoms with Gasteiger partial charge in [0.25, 0.3) is 0 Å². The monoisotopic (exact) mass is 290 g/mol. The maximum atomic E-state index is 12.0. The van der Waals surface area contributed by atoms with E-state index in [1.54, 1.807) is 0 Å². The van der Waals surface area contributed by atoms with Crippen molar-refractivity contribution in [2.45, 2.75) is 45.6 Å². The first-order valence-corrected chi connectivity index (χ1v) is 7.79. The van der Waals surface area contributed by atoms with E-state index in [0.717, 1.165) is 43.7 Å². The van der Waals surface area contributed by atoms with Crippen molar-refractivity contribution in [3.8, 4) is 5.75 Å². The van der Waals surface area contributed by atoms with Crippen LogP contribution in [0.2, 0.25) is 0 Å². The van der Waals surface area contributed by atoms with Gasteiger partial charge in [-0.15, -0.1) is 0 Å². The maximum absolute atomic E-state index is 12.0. The van der Waals surface area contributed by atoms with Crippen molar-refractivity contribution in [1.29, 1.82) is 0 Å². The van der Waals surface area contributed by atoms with Crippen molar-refractivity contribution in [1.82, 2.24) is 4.90 Å². The number of carbonyl (C=O) groups excluding carboxylic acids is 1. The third-order valence-electron chi connectivity index (χ3n) is 3.96. The number of hydrogen-bond acceptors (Lipinski definition) is 3. The van der Waals surface area contributed by atoms with Crippen LogP contribution in [0, 0.1) is 13.8 Å². The number of likely N-dealkylation sites (tertiary alicyclic amines) is 1. The summed E-state index contributed by atoms with van der Waals surface area (Å²) in [5.41, 5.74) is 8.18. The van der Waals surface area contributed by atoms with Crippen LogP contribution in [0.25, 0.3) is 0 Å². The van der Waals surface area contributed by atoms with E-state index in [2.05, 4.69) is 32.0 Å². The molecule has 2 N–H and O–H groups in total. The number of unbranched alkanes of at least 4 members (excludes halogenated alkanes) is 1. The van der Waals surface area contributed by atoms with Crippen LogP contribution in [0.15, 0.2) is 18.2 Å². The standard InChI is InChI=1S/C17H26N2O2/c1-13-6-7-14(2)16(11-13)21-10-4-3-5-17(20)19-9-8-15(18)12-19/h6-7,11,15H,3-5,8-10,12,18H2,1-2H3. The first-order chi connectivity index (χ1) is 10.1. The Labute approximate surface area is 127 Å². The average molecular weight is 290 g/mol. The fraction of sp³-hybridized carbons (Fsp3) is 0.588. The second-order valence-corrected chi connectivity index (χ2v) is 5.96. The zero-order valence-corrected chi connectivity index (χ0v) is 13.1. The summed E-state index contributed by atoms with van der Waals surface area (Å²) >= 11 is 0. The summed E-state index contributed by atoms with van der Waals surface area (Å²) in [5, 5.41) is 0. The highest BCUT2D eigenvalue weighted by Crippen LogP contribution is 2.19. The summed E-state index contributed by atoms with van der Waals surface area (Å²) in [6.45, 7) is 6.31. The third kappa shape index (κ3) is 4.74. The number of aryl methyl sites for hydroxylation is 2. The van der Waals surface area contributed by atoms with Crippen molar-refractivity contribution in [3.05, 3.63) is 29.3 Å². The maximum Gasteiger partial charge on any atom is 0.222 e. The quantitative estimate of drug-likeness (QED) is 0.819. The summed E-state index contributed by atoms with van der Waals surface area (Å²) in [7, 11) is 0. The van der Waals surface area contributed by atoms with Crippen LogP contribution in [0.5, 0.6) is 5.75 Å². The van der Waals surface area contributed by atoms with Gasteiger partial charge >= 0.3 is 0 Å². The Hall–Kier alpha value is -1.55. The number of rotatable bonds is 6. The molecule has 1 fully saturated rings. The van der Waals surface area contributed by atoms with Gasteiger partial charge in [-0.3, -0.25) is 4.79 Å². The Morgan fingerprint density at radius 2 is 2.19 bits per heavy atom. The minimum absolute atomic E-state index is 0.168. The number of nitrogens with zero attached hydrogens (tertiary/aromatic N) is 1. The third-order valence-corrected chi connectivity index (χ3v) is 3.96. The molecule has 1 aromatic rings. The average Bonchev–Trinajstić information content (AvgIpc) is 2.88. The fourth-order valence-corrected chi connectivity index (χ4v) is 2.60. The lowest BCUT2D eigenvalue weighted by atomic mass is 10.1. The molecule has 2 rings (SSSR count). The van der Waals surface area contributed by atoms with E-state index in [9.17, 15) is 4.79 Å². The van der Waals surface area contributed by atoms with Gasteiger partial charge < -0.3 is 15.4 Å². The lowest BCUT2D eigenvalue weighted by molar-refractivity contribution is -0.130. The minimum atomic E-state index is 0.168. The molecule has 0 aliphatic carbocycles. The van der Waals surface area contributed by atoms with Crippen LogP contribution in [-0.4, -0.2) is 36.5 Å². The topological polar surface area (TPSA) is 55.6 Å². The van der Waals surface area contributed by atoms with Crippen LogP contribution in [0.1, 0.15) is 36.8 Å². The Morgan fingerprint density at radius 1 is 1.38 bits per heavy atom.